The van der Waals surface area contributed by atoms with E-state index < -0.39 is 23.8 Å². The number of hydrogen-bond donors (Lipinski definition) is 3. The number of unbranched alkanes of at least 4 members (excludes halogenated alkanes) is 3. The summed E-state index contributed by atoms with van der Waals surface area (Å²) >= 11 is 0. The number of hydrogen-bond acceptors (Lipinski definition) is 4. The van der Waals surface area contributed by atoms with Crippen molar-refractivity contribution in [3.8, 4) is 0 Å². The van der Waals surface area contributed by atoms with Gasteiger partial charge >= 0.3 is 5.97 Å². The molecule has 0 aliphatic carbocycles. The number of aliphatic carboxylic acids is 1. The molecule has 0 aliphatic rings. The van der Waals surface area contributed by atoms with Crippen molar-refractivity contribution in [2.45, 2.75) is 58.4 Å². The Morgan fingerprint density at radius 1 is 1.10 bits per heavy atom. The Morgan fingerprint density at radius 3 is 2.20 bits per heavy atom. The van der Waals surface area contributed by atoms with E-state index in [1.54, 1.807) is 0 Å². The zero-order valence-electron chi connectivity index (χ0n) is 12.2. The van der Waals surface area contributed by atoms with Crippen LogP contribution in [0, 0.1) is 5.92 Å². The molecule has 116 valence electrons. The summed E-state index contributed by atoms with van der Waals surface area (Å²) in [7, 11) is 0. The number of aliphatic hydroxyl groups is 1. The highest BCUT2D eigenvalue weighted by Crippen LogP contribution is 2.13. The summed E-state index contributed by atoms with van der Waals surface area (Å²) in [6.07, 6.45) is 4.20. The molecule has 6 nitrogen and oxygen atoms in total. The number of Topliss-reactive ketones (excluding diaryl/α,β-unsaturated/α-hetero) is 1. The number of carboxylic acids is 1. The van der Waals surface area contributed by atoms with Crippen LogP contribution in [-0.4, -0.2) is 40.5 Å². The average molecular weight is 287 g/mol. The molecule has 0 aromatic carbocycles. The summed E-state index contributed by atoms with van der Waals surface area (Å²) in [5.41, 5.74) is 0. The molecule has 20 heavy (non-hydrogen) atoms. The number of nitrogens with one attached hydrogen (secondary N) is 1. The molecule has 0 aromatic rings. The summed E-state index contributed by atoms with van der Waals surface area (Å²) in [4.78, 5) is 34.4. The van der Waals surface area contributed by atoms with Crippen LogP contribution in [0.15, 0.2) is 0 Å². The maximum absolute atomic E-state index is 12.0. The van der Waals surface area contributed by atoms with Gasteiger partial charge in [0, 0.05) is 13.0 Å². The van der Waals surface area contributed by atoms with Crippen LogP contribution in [0.4, 0.5) is 0 Å². The molecule has 0 aliphatic heterocycles. The van der Waals surface area contributed by atoms with Gasteiger partial charge in [-0.1, -0.05) is 32.6 Å². The Hall–Kier alpha value is -1.43. The monoisotopic (exact) mass is 287 g/mol. The van der Waals surface area contributed by atoms with Crippen LogP contribution in [0.25, 0.3) is 0 Å². The second-order valence-electron chi connectivity index (χ2n) is 4.92. The van der Waals surface area contributed by atoms with E-state index >= 15 is 0 Å². The van der Waals surface area contributed by atoms with Crippen molar-refractivity contribution in [1.29, 1.82) is 0 Å². The molecular formula is C14H25NO5. The van der Waals surface area contributed by atoms with Crippen molar-refractivity contribution in [3.05, 3.63) is 0 Å². The van der Waals surface area contributed by atoms with E-state index in [0.717, 1.165) is 25.7 Å². The molecule has 0 bridgehead atoms. The quantitative estimate of drug-likeness (QED) is 0.390. The number of rotatable bonds is 11. The van der Waals surface area contributed by atoms with Gasteiger partial charge < -0.3 is 15.5 Å². The van der Waals surface area contributed by atoms with Crippen LogP contribution >= 0.6 is 0 Å². The standard InChI is InChI=1S/C14H25NO5/c1-3-4-5-6-7-11(10(2)17)13(18)15-12(8-9-16)14(19)20/h11-12,16H,3-9H2,1-2H3,(H,15,18)(H,19,20). The fourth-order valence-corrected chi connectivity index (χ4v) is 1.95. The molecule has 0 saturated carbocycles. The summed E-state index contributed by atoms with van der Waals surface area (Å²) in [6, 6.07) is -1.15. The van der Waals surface area contributed by atoms with Crippen molar-refractivity contribution in [3.63, 3.8) is 0 Å². The molecule has 0 radical (unpaired) electrons. The fourth-order valence-electron chi connectivity index (χ4n) is 1.95. The highest BCUT2D eigenvalue weighted by Gasteiger charge is 2.27. The molecule has 0 aromatic heterocycles. The topological polar surface area (TPSA) is 104 Å². The largest absolute Gasteiger partial charge is 0.480 e. The molecule has 2 unspecified atom stereocenters. The van der Waals surface area contributed by atoms with Gasteiger partial charge in [0.25, 0.3) is 0 Å². The number of ketones is 1. The second-order valence-corrected chi connectivity index (χ2v) is 4.92. The zero-order chi connectivity index (χ0) is 15.5. The summed E-state index contributed by atoms with van der Waals surface area (Å²) in [5, 5.41) is 20.0. The van der Waals surface area contributed by atoms with Gasteiger partial charge in [0.2, 0.25) is 5.91 Å². The van der Waals surface area contributed by atoms with E-state index in [9.17, 15) is 14.4 Å². The van der Waals surface area contributed by atoms with E-state index in [1.165, 1.54) is 6.92 Å². The Kier molecular flexibility index (Phi) is 9.63. The van der Waals surface area contributed by atoms with Crippen LogP contribution in [0.3, 0.4) is 0 Å². The number of carbonyl (C=O) groups is 3. The fraction of sp³-hybridized carbons (Fsp3) is 0.786. The smallest absolute Gasteiger partial charge is 0.326 e. The SMILES string of the molecule is CCCCCCC(C(C)=O)C(=O)NC(CCO)C(=O)O. The lowest BCUT2D eigenvalue weighted by Gasteiger charge is -2.18. The molecule has 2 atom stereocenters. The highest BCUT2D eigenvalue weighted by atomic mass is 16.4. The minimum absolute atomic E-state index is 0.0679. The average Bonchev–Trinajstić information content (AvgIpc) is 2.37. The minimum Gasteiger partial charge on any atom is -0.480 e. The highest BCUT2D eigenvalue weighted by molar-refractivity contribution is 6.01. The van der Waals surface area contributed by atoms with E-state index in [1.807, 2.05) is 0 Å². The maximum Gasteiger partial charge on any atom is 0.326 e. The molecule has 0 saturated heterocycles. The Labute approximate surface area is 119 Å². The van der Waals surface area contributed by atoms with Crippen LogP contribution in [0.2, 0.25) is 0 Å². The van der Waals surface area contributed by atoms with Gasteiger partial charge in [0.1, 0.15) is 11.8 Å². The number of carboxylic acid groups (broad SMARTS) is 1. The third-order valence-corrected chi connectivity index (χ3v) is 3.19. The third kappa shape index (κ3) is 7.23. The Balaban J connectivity index is 4.47. The second kappa shape index (κ2) is 10.4. The third-order valence-electron chi connectivity index (χ3n) is 3.19. The van der Waals surface area contributed by atoms with Crippen molar-refractivity contribution in [1.82, 2.24) is 5.32 Å². The Bertz CT molecular complexity index is 330. The molecular weight excluding hydrogens is 262 g/mol. The number of carbonyl (C=O) groups excluding carboxylic acids is 2. The summed E-state index contributed by atoms with van der Waals surface area (Å²) < 4.78 is 0. The van der Waals surface area contributed by atoms with E-state index in [-0.39, 0.29) is 18.8 Å². The van der Waals surface area contributed by atoms with Gasteiger partial charge in [0.05, 0.1) is 5.92 Å². The first-order valence-electron chi connectivity index (χ1n) is 7.08. The van der Waals surface area contributed by atoms with Crippen molar-refractivity contribution >= 4 is 17.7 Å². The molecule has 3 N–H and O–H groups in total. The van der Waals surface area contributed by atoms with E-state index in [0.29, 0.717) is 6.42 Å². The first-order chi connectivity index (χ1) is 9.43. The van der Waals surface area contributed by atoms with Crippen molar-refractivity contribution in [2.75, 3.05) is 6.61 Å². The van der Waals surface area contributed by atoms with Gasteiger partial charge in [-0.3, -0.25) is 9.59 Å². The minimum atomic E-state index is -1.21. The van der Waals surface area contributed by atoms with Gasteiger partial charge in [-0.25, -0.2) is 4.79 Å². The van der Waals surface area contributed by atoms with Crippen LogP contribution < -0.4 is 5.32 Å². The lowest BCUT2D eigenvalue weighted by atomic mass is 9.96. The molecule has 1 amide bonds. The molecule has 6 heteroatoms. The normalized spacial score (nSPS) is 13.6. The zero-order valence-corrected chi connectivity index (χ0v) is 12.2. The first kappa shape index (κ1) is 18.6. The van der Waals surface area contributed by atoms with Gasteiger partial charge in [0.15, 0.2) is 0 Å². The molecule has 0 spiro atoms. The van der Waals surface area contributed by atoms with Crippen LogP contribution in [0.5, 0.6) is 0 Å². The van der Waals surface area contributed by atoms with E-state index in [4.69, 9.17) is 10.2 Å². The number of aliphatic hydroxyl groups excluding tert-OH is 1. The maximum atomic E-state index is 12.0. The van der Waals surface area contributed by atoms with Crippen LogP contribution in [0.1, 0.15) is 52.4 Å². The van der Waals surface area contributed by atoms with Gasteiger partial charge in [-0.05, 0) is 13.3 Å². The van der Waals surface area contributed by atoms with Crippen LogP contribution in [-0.2, 0) is 14.4 Å². The predicted molar refractivity (Wildman–Crippen MR) is 74.2 cm³/mol. The molecule has 0 rings (SSSR count). The van der Waals surface area contributed by atoms with Crippen molar-refractivity contribution in [2.24, 2.45) is 5.92 Å². The van der Waals surface area contributed by atoms with Crippen molar-refractivity contribution < 1.29 is 24.6 Å². The summed E-state index contributed by atoms with van der Waals surface area (Å²) in [5.74, 6) is -2.82. The lowest BCUT2D eigenvalue weighted by Crippen LogP contribution is -2.45. The van der Waals surface area contributed by atoms with E-state index in [2.05, 4.69) is 12.2 Å². The molecule has 0 fully saturated rings. The lowest BCUT2D eigenvalue weighted by molar-refractivity contribution is -0.144. The summed E-state index contributed by atoms with van der Waals surface area (Å²) in [6.45, 7) is 3.08. The van der Waals surface area contributed by atoms with Gasteiger partial charge in [-0.2, -0.15) is 0 Å². The molecule has 0 heterocycles. The predicted octanol–water partition coefficient (Wildman–Crippen LogP) is 1.11. The first-order valence-corrected chi connectivity index (χ1v) is 7.08. The van der Waals surface area contributed by atoms with Gasteiger partial charge in [-0.15, -0.1) is 0 Å². The Morgan fingerprint density at radius 2 is 1.75 bits per heavy atom. The number of amides is 1.